The largest absolute Gasteiger partial charge is 0.392 e. The van der Waals surface area contributed by atoms with Gasteiger partial charge in [0.2, 0.25) is 5.91 Å². The van der Waals surface area contributed by atoms with Crippen LogP contribution in [0.25, 0.3) is 0 Å². The molecule has 0 aromatic rings. The molecular formula is C16H29N3OS. The fourth-order valence-corrected chi connectivity index (χ4v) is 3.73. The van der Waals surface area contributed by atoms with Gasteiger partial charge in [0.1, 0.15) is 0 Å². The van der Waals surface area contributed by atoms with Crippen molar-refractivity contribution >= 4 is 23.1 Å². The Morgan fingerprint density at radius 3 is 2.24 bits per heavy atom. The number of likely N-dealkylation sites (tertiary alicyclic amines) is 2. The third kappa shape index (κ3) is 3.57. The van der Waals surface area contributed by atoms with Crippen LogP contribution in [0.5, 0.6) is 0 Å². The van der Waals surface area contributed by atoms with Gasteiger partial charge in [-0.05, 0) is 52.1 Å². The van der Waals surface area contributed by atoms with Crippen molar-refractivity contribution in [3.63, 3.8) is 0 Å². The fourth-order valence-electron chi connectivity index (χ4n) is 3.50. The molecule has 1 atom stereocenters. The van der Waals surface area contributed by atoms with Crippen molar-refractivity contribution in [1.29, 1.82) is 0 Å². The van der Waals surface area contributed by atoms with E-state index in [9.17, 15) is 4.79 Å². The quantitative estimate of drug-likeness (QED) is 0.808. The molecule has 2 saturated heterocycles. The SMILES string of the molecule is CCC(C)(C(=O)N1CCC(N2CCCCC2)CC1)C(N)=S. The average Bonchev–Trinajstić information content (AvgIpc) is 2.54. The number of nitrogens with two attached hydrogens (primary N) is 1. The minimum Gasteiger partial charge on any atom is -0.392 e. The Balaban J connectivity index is 1.91. The van der Waals surface area contributed by atoms with Gasteiger partial charge >= 0.3 is 0 Å². The molecule has 120 valence electrons. The Morgan fingerprint density at radius 2 is 1.76 bits per heavy atom. The molecule has 1 amide bonds. The molecule has 2 aliphatic heterocycles. The van der Waals surface area contributed by atoms with Gasteiger partial charge in [0.25, 0.3) is 0 Å². The van der Waals surface area contributed by atoms with Gasteiger partial charge in [-0.25, -0.2) is 0 Å². The van der Waals surface area contributed by atoms with E-state index in [0.717, 1.165) is 25.9 Å². The summed E-state index contributed by atoms with van der Waals surface area (Å²) in [6, 6.07) is 0.659. The van der Waals surface area contributed by atoms with E-state index in [0.29, 0.717) is 17.5 Å². The predicted octanol–water partition coefficient (Wildman–Crippen LogP) is 2.17. The maximum absolute atomic E-state index is 12.7. The summed E-state index contributed by atoms with van der Waals surface area (Å²) < 4.78 is 0. The van der Waals surface area contributed by atoms with E-state index in [2.05, 4.69) is 4.90 Å². The Morgan fingerprint density at radius 1 is 1.19 bits per heavy atom. The van der Waals surface area contributed by atoms with E-state index >= 15 is 0 Å². The number of carbonyl (C=O) groups excluding carboxylic acids is 1. The number of carbonyl (C=O) groups is 1. The van der Waals surface area contributed by atoms with Gasteiger partial charge in [0.15, 0.2) is 0 Å². The number of thiocarbonyl (C=S) groups is 1. The topological polar surface area (TPSA) is 49.6 Å². The van der Waals surface area contributed by atoms with E-state index in [-0.39, 0.29) is 5.91 Å². The third-order valence-electron chi connectivity index (χ3n) is 5.38. The first-order valence-corrected chi connectivity index (χ1v) is 8.73. The lowest BCUT2D eigenvalue weighted by molar-refractivity contribution is -0.139. The lowest BCUT2D eigenvalue weighted by Crippen LogP contribution is -2.53. The van der Waals surface area contributed by atoms with Crippen molar-refractivity contribution in [2.45, 2.75) is 58.4 Å². The second kappa shape index (κ2) is 7.05. The molecule has 0 radical (unpaired) electrons. The maximum Gasteiger partial charge on any atom is 0.235 e. The lowest BCUT2D eigenvalue weighted by Gasteiger charge is -2.42. The standard InChI is InChI=1S/C16H29N3OS/c1-3-16(2,14(17)21)15(20)19-11-7-13(8-12-19)18-9-5-4-6-10-18/h13H,3-12H2,1-2H3,(H2,17,21). The number of amides is 1. The van der Waals surface area contributed by atoms with Crippen LogP contribution in [0.15, 0.2) is 0 Å². The molecule has 0 saturated carbocycles. The zero-order valence-electron chi connectivity index (χ0n) is 13.4. The van der Waals surface area contributed by atoms with E-state index in [1.165, 1.54) is 32.4 Å². The van der Waals surface area contributed by atoms with E-state index in [1.54, 1.807) is 0 Å². The Labute approximate surface area is 134 Å². The minimum absolute atomic E-state index is 0.120. The van der Waals surface area contributed by atoms with Gasteiger partial charge in [-0.15, -0.1) is 0 Å². The number of nitrogens with zero attached hydrogens (tertiary/aromatic N) is 2. The normalized spacial score (nSPS) is 24.6. The third-order valence-corrected chi connectivity index (χ3v) is 5.83. The van der Waals surface area contributed by atoms with E-state index in [4.69, 9.17) is 18.0 Å². The van der Waals surface area contributed by atoms with Crippen molar-refractivity contribution in [3.8, 4) is 0 Å². The predicted molar refractivity (Wildman–Crippen MR) is 90.2 cm³/mol. The maximum atomic E-state index is 12.7. The molecule has 2 aliphatic rings. The van der Waals surface area contributed by atoms with Crippen LogP contribution in [-0.4, -0.2) is 52.9 Å². The van der Waals surface area contributed by atoms with Crippen molar-refractivity contribution in [3.05, 3.63) is 0 Å². The molecule has 0 aliphatic carbocycles. The molecule has 2 heterocycles. The first-order chi connectivity index (χ1) is 9.99. The number of hydrogen-bond donors (Lipinski definition) is 1. The average molecular weight is 311 g/mol. The summed E-state index contributed by atoms with van der Waals surface area (Å²) in [4.78, 5) is 17.6. The summed E-state index contributed by atoms with van der Waals surface area (Å²) in [5.74, 6) is 0.120. The van der Waals surface area contributed by atoms with Crippen LogP contribution < -0.4 is 5.73 Å². The molecular weight excluding hydrogens is 282 g/mol. The number of rotatable bonds is 4. The Bertz CT molecular complexity index is 387. The van der Waals surface area contributed by atoms with Crippen molar-refractivity contribution in [2.75, 3.05) is 26.2 Å². The highest BCUT2D eigenvalue weighted by Gasteiger charge is 2.39. The molecule has 5 heteroatoms. The highest BCUT2D eigenvalue weighted by Crippen LogP contribution is 2.28. The number of piperidine rings is 2. The smallest absolute Gasteiger partial charge is 0.235 e. The van der Waals surface area contributed by atoms with Crippen LogP contribution in [0, 0.1) is 5.41 Å². The molecule has 1 unspecified atom stereocenters. The zero-order chi connectivity index (χ0) is 15.5. The van der Waals surface area contributed by atoms with Crippen LogP contribution in [0.1, 0.15) is 52.4 Å². The van der Waals surface area contributed by atoms with E-state index in [1.807, 2.05) is 18.7 Å². The van der Waals surface area contributed by atoms with E-state index < -0.39 is 5.41 Å². The Hall–Kier alpha value is -0.680. The lowest BCUT2D eigenvalue weighted by atomic mass is 9.85. The molecule has 0 bridgehead atoms. The first kappa shape index (κ1) is 16.7. The fraction of sp³-hybridized carbons (Fsp3) is 0.875. The summed E-state index contributed by atoms with van der Waals surface area (Å²) in [5.41, 5.74) is 5.14. The van der Waals surface area contributed by atoms with Gasteiger partial charge in [-0.1, -0.05) is 25.6 Å². The van der Waals surface area contributed by atoms with Crippen LogP contribution >= 0.6 is 12.2 Å². The van der Waals surface area contributed by atoms with Gasteiger partial charge in [-0.2, -0.15) is 0 Å². The summed E-state index contributed by atoms with van der Waals surface area (Å²) in [6.07, 6.45) is 6.87. The first-order valence-electron chi connectivity index (χ1n) is 8.32. The van der Waals surface area contributed by atoms with Crippen LogP contribution in [0.3, 0.4) is 0 Å². The van der Waals surface area contributed by atoms with Crippen molar-refractivity contribution in [1.82, 2.24) is 9.80 Å². The molecule has 0 aromatic heterocycles. The Kier molecular flexibility index (Phi) is 5.60. The second-order valence-corrected chi connectivity index (χ2v) is 7.11. The van der Waals surface area contributed by atoms with Crippen molar-refractivity contribution < 1.29 is 4.79 Å². The molecule has 0 aromatic carbocycles. The molecule has 2 rings (SSSR count). The van der Waals surface area contributed by atoms with Crippen molar-refractivity contribution in [2.24, 2.45) is 11.1 Å². The monoisotopic (exact) mass is 311 g/mol. The highest BCUT2D eigenvalue weighted by atomic mass is 32.1. The minimum atomic E-state index is -0.673. The molecule has 21 heavy (non-hydrogen) atoms. The van der Waals surface area contributed by atoms with Crippen LogP contribution in [0.4, 0.5) is 0 Å². The van der Waals surface area contributed by atoms with Crippen LogP contribution in [0.2, 0.25) is 0 Å². The summed E-state index contributed by atoms with van der Waals surface area (Å²) >= 11 is 5.12. The molecule has 2 fully saturated rings. The van der Waals surface area contributed by atoms with Gasteiger partial charge in [0.05, 0.1) is 10.4 Å². The number of hydrogen-bond acceptors (Lipinski definition) is 3. The summed E-state index contributed by atoms with van der Waals surface area (Å²) in [6.45, 7) is 8.03. The second-order valence-electron chi connectivity index (χ2n) is 6.67. The highest BCUT2D eigenvalue weighted by molar-refractivity contribution is 7.80. The van der Waals surface area contributed by atoms with Crippen LogP contribution in [-0.2, 0) is 4.79 Å². The molecule has 0 spiro atoms. The van der Waals surface area contributed by atoms with Gasteiger partial charge in [-0.3, -0.25) is 4.79 Å². The van der Waals surface area contributed by atoms with Gasteiger partial charge in [0, 0.05) is 19.1 Å². The summed E-state index contributed by atoms with van der Waals surface area (Å²) in [7, 11) is 0. The zero-order valence-corrected chi connectivity index (χ0v) is 14.3. The van der Waals surface area contributed by atoms with Gasteiger partial charge < -0.3 is 15.5 Å². The summed E-state index contributed by atoms with van der Waals surface area (Å²) in [5, 5.41) is 0. The molecule has 2 N–H and O–H groups in total. The molecule has 4 nitrogen and oxygen atoms in total.